The molecule has 0 saturated heterocycles. The number of nitrogens with zero attached hydrogens (tertiary/aromatic N) is 2. The van der Waals surface area contributed by atoms with Crippen molar-refractivity contribution in [3.8, 4) is 0 Å². The number of imidazole rings is 1. The molecule has 3 heteroatoms. The van der Waals surface area contributed by atoms with Gasteiger partial charge in [0.1, 0.15) is 11.9 Å². The minimum Gasteiger partial charge on any atom is -0.380 e. The van der Waals surface area contributed by atoms with Gasteiger partial charge in [0.2, 0.25) is 0 Å². The average molecular weight is 294 g/mol. The van der Waals surface area contributed by atoms with Crippen LogP contribution in [0.2, 0.25) is 0 Å². The Kier molecular flexibility index (Phi) is 3.53. The number of aliphatic hydroxyl groups is 1. The van der Waals surface area contributed by atoms with Gasteiger partial charge in [-0.1, -0.05) is 57.2 Å². The molecule has 1 aromatic heterocycles. The number of hydrogen-bond acceptors (Lipinski definition) is 2. The summed E-state index contributed by atoms with van der Waals surface area (Å²) in [6.45, 7) is 6.55. The molecule has 3 nitrogen and oxygen atoms in total. The van der Waals surface area contributed by atoms with Gasteiger partial charge >= 0.3 is 0 Å². The molecule has 0 fully saturated rings. The maximum Gasteiger partial charge on any atom is 0.143 e. The maximum atomic E-state index is 10.7. The van der Waals surface area contributed by atoms with Gasteiger partial charge in [0, 0.05) is 7.05 Å². The van der Waals surface area contributed by atoms with Crippen molar-refractivity contribution >= 4 is 11.0 Å². The smallest absolute Gasteiger partial charge is 0.143 e. The summed E-state index contributed by atoms with van der Waals surface area (Å²) in [5.74, 6) is 0.671. The zero-order chi connectivity index (χ0) is 15.9. The molecule has 1 N–H and O–H groups in total. The molecular weight excluding hydrogens is 272 g/mol. The molecular formula is C19H22N2O. The van der Waals surface area contributed by atoms with Gasteiger partial charge in [-0.05, 0) is 28.7 Å². The molecule has 114 valence electrons. The van der Waals surface area contributed by atoms with Gasteiger partial charge < -0.3 is 9.67 Å². The first-order valence-corrected chi connectivity index (χ1v) is 7.58. The highest BCUT2D eigenvalue weighted by Crippen LogP contribution is 2.27. The summed E-state index contributed by atoms with van der Waals surface area (Å²) in [6.07, 6.45) is -0.716. The fourth-order valence-electron chi connectivity index (χ4n) is 2.72. The Balaban J connectivity index is 1.99. The van der Waals surface area contributed by atoms with E-state index in [1.165, 1.54) is 5.56 Å². The monoisotopic (exact) mass is 294 g/mol. The second-order valence-electron chi connectivity index (χ2n) is 6.79. The van der Waals surface area contributed by atoms with Crippen LogP contribution in [0.5, 0.6) is 0 Å². The number of aromatic nitrogens is 2. The van der Waals surface area contributed by atoms with E-state index in [2.05, 4.69) is 37.9 Å². The molecule has 1 heterocycles. The Bertz CT molecular complexity index is 794. The lowest BCUT2D eigenvalue weighted by Gasteiger charge is -2.20. The fourth-order valence-corrected chi connectivity index (χ4v) is 2.72. The largest absolute Gasteiger partial charge is 0.380 e. The van der Waals surface area contributed by atoms with E-state index in [4.69, 9.17) is 0 Å². The second-order valence-corrected chi connectivity index (χ2v) is 6.79. The van der Waals surface area contributed by atoms with Gasteiger partial charge in [0.25, 0.3) is 0 Å². The SMILES string of the molecule is Cn1c([C@@H](O)c2ccc(C(C)(C)C)cc2)nc2ccccc21. The number of aliphatic hydroxyl groups excluding tert-OH is 1. The van der Waals surface area contributed by atoms with Crippen LogP contribution in [0.15, 0.2) is 48.5 Å². The van der Waals surface area contributed by atoms with Gasteiger partial charge in [-0.3, -0.25) is 0 Å². The number of benzene rings is 2. The molecule has 3 aromatic rings. The fraction of sp³-hybridized carbons (Fsp3) is 0.316. The molecule has 2 aromatic carbocycles. The Morgan fingerprint density at radius 2 is 1.64 bits per heavy atom. The number of rotatable bonds is 2. The van der Waals surface area contributed by atoms with Crippen LogP contribution >= 0.6 is 0 Å². The van der Waals surface area contributed by atoms with E-state index in [0.29, 0.717) is 5.82 Å². The van der Waals surface area contributed by atoms with E-state index in [9.17, 15) is 5.11 Å². The van der Waals surface area contributed by atoms with Crippen LogP contribution in [0.4, 0.5) is 0 Å². The molecule has 3 rings (SSSR count). The standard InChI is InChI=1S/C19H22N2O/c1-19(2,3)14-11-9-13(10-12-14)17(22)18-20-15-7-5-6-8-16(15)21(18)4/h5-12,17,22H,1-4H3/t17-/m0/s1. The summed E-state index contributed by atoms with van der Waals surface area (Å²) in [5, 5.41) is 10.7. The highest BCUT2D eigenvalue weighted by molar-refractivity contribution is 5.76. The number of para-hydroxylation sites is 2. The van der Waals surface area contributed by atoms with E-state index in [0.717, 1.165) is 16.6 Å². The average Bonchev–Trinajstić information content (AvgIpc) is 2.83. The van der Waals surface area contributed by atoms with Crippen LogP contribution in [-0.4, -0.2) is 14.7 Å². The summed E-state index contributed by atoms with van der Waals surface area (Å²) in [4.78, 5) is 4.57. The van der Waals surface area contributed by atoms with Crippen LogP contribution < -0.4 is 0 Å². The predicted octanol–water partition coefficient (Wildman–Crippen LogP) is 3.95. The lowest BCUT2D eigenvalue weighted by Crippen LogP contribution is -2.12. The normalized spacial score (nSPS) is 13.5. The molecule has 0 aliphatic heterocycles. The molecule has 0 saturated carbocycles. The van der Waals surface area contributed by atoms with Gasteiger partial charge in [-0.2, -0.15) is 0 Å². The van der Waals surface area contributed by atoms with E-state index in [1.807, 2.05) is 48.0 Å². The van der Waals surface area contributed by atoms with Gasteiger partial charge in [-0.15, -0.1) is 0 Å². The van der Waals surface area contributed by atoms with Crippen molar-refractivity contribution in [2.24, 2.45) is 7.05 Å². The molecule has 0 aliphatic carbocycles. The third kappa shape index (κ3) is 2.53. The third-order valence-corrected chi connectivity index (χ3v) is 4.16. The van der Waals surface area contributed by atoms with E-state index in [-0.39, 0.29) is 5.41 Å². The highest BCUT2D eigenvalue weighted by Gasteiger charge is 2.19. The van der Waals surface area contributed by atoms with Crippen molar-refractivity contribution < 1.29 is 5.11 Å². The molecule has 0 bridgehead atoms. The summed E-state index contributed by atoms with van der Waals surface area (Å²) >= 11 is 0. The van der Waals surface area contributed by atoms with Crippen LogP contribution in [0, 0.1) is 0 Å². The summed E-state index contributed by atoms with van der Waals surface area (Å²) in [6, 6.07) is 16.1. The lowest BCUT2D eigenvalue weighted by atomic mass is 9.86. The molecule has 22 heavy (non-hydrogen) atoms. The third-order valence-electron chi connectivity index (χ3n) is 4.16. The topological polar surface area (TPSA) is 38.0 Å². The molecule has 0 unspecified atom stereocenters. The zero-order valence-corrected chi connectivity index (χ0v) is 13.5. The van der Waals surface area contributed by atoms with E-state index in [1.54, 1.807) is 0 Å². The molecule has 0 radical (unpaired) electrons. The number of fused-ring (bicyclic) bond motifs is 1. The van der Waals surface area contributed by atoms with Crippen LogP contribution in [0.1, 0.15) is 43.8 Å². The van der Waals surface area contributed by atoms with Crippen molar-refractivity contribution in [3.63, 3.8) is 0 Å². The zero-order valence-electron chi connectivity index (χ0n) is 13.5. The molecule has 0 spiro atoms. The van der Waals surface area contributed by atoms with E-state index < -0.39 is 6.10 Å². The Morgan fingerprint density at radius 3 is 2.23 bits per heavy atom. The first kappa shape index (κ1) is 14.8. The summed E-state index contributed by atoms with van der Waals surface area (Å²) < 4.78 is 1.96. The Labute approximate surface area is 131 Å². The van der Waals surface area contributed by atoms with Gasteiger partial charge in [0.05, 0.1) is 11.0 Å². The number of hydrogen-bond donors (Lipinski definition) is 1. The quantitative estimate of drug-likeness (QED) is 0.777. The lowest BCUT2D eigenvalue weighted by molar-refractivity contribution is 0.207. The summed E-state index contributed by atoms with van der Waals surface area (Å²) in [7, 11) is 1.94. The molecule has 1 atom stereocenters. The Morgan fingerprint density at radius 1 is 1.00 bits per heavy atom. The first-order valence-electron chi connectivity index (χ1n) is 7.58. The van der Waals surface area contributed by atoms with Crippen molar-refractivity contribution in [1.29, 1.82) is 0 Å². The van der Waals surface area contributed by atoms with Gasteiger partial charge in [0.15, 0.2) is 0 Å². The second kappa shape index (κ2) is 5.25. The van der Waals surface area contributed by atoms with Crippen LogP contribution in [0.3, 0.4) is 0 Å². The molecule has 0 aliphatic rings. The van der Waals surface area contributed by atoms with Crippen molar-refractivity contribution in [3.05, 3.63) is 65.5 Å². The summed E-state index contributed by atoms with van der Waals surface area (Å²) in [5.41, 5.74) is 4.18. The maximum absolute atomic E-state index is 10.7. The number of aryl methyl sites for hydroxylation is 1. The highest BCUT2D eigenvalue weighted by atomic mass is 16.3. The van der Waals surface area contributed by atoms with Crippen LogP contribution in [0.25, 0.3) is 11.0 Å². The van der Waals surface area contributed by atoms with E-state index >= 15 is 0 Å². The van der Waals surface area contributed by atoms with Gasteiger partial charge in [-0.25, -0.2) is 4.98 Å². The Hall–Kier alpha value is -2.13. The van der Waals surface area contributed by atoms with Crippen molar-refractivity contribution in [2.45, 2.75) is 32.3 Å². The predicted molar refractivity (Wildman–Crippen MR) is 89.9 cm³/mol. The van der Waals surface area contributed by atoms with Crippen LogP contribution in [-0.2, 0) is 12.5 Å². The molecule has 0 amide bonds. The van der Waals surface area contributed by atoms with Crippen molar-refractivity contribution in [1.82, 2.24) is 9.55 Å². The van der Waals surface area contributed by atoms with Crippen molar-refractivity contribution in [2.75, 3.05) is 0 Å². The minimum absolute atomic E-state index is 0.112. The first-order chi connectivity index (χ1) is 10.4. The minimum atomic E-state index is -0.716.